The fraction of sp³-hybridized carbons (Fsp3) is 0.105. The lowest BCUT2D eigenvalue weighted by molar-refractivity contribution is 0.0950. The van der Waals surface area contributed by atoms with Gasteiger partial charge >= 0.3 is 0 Å². The Kier molecular flexibility index (Phi) is 4.43. The van der Waals surface area contributed by atoms with Crippen LogP contribution in [0.5, 0.6) is 0 Å². The molecule has 2 aromatic carbocycles. The molecule has 0 unspecified atom stereocenters. The number of carbonyl (C=O) groups is 1. The molecule has 23 heavy (non-hydrogen) atoms. The van der Waals surface area contributed by atoms with E-state index in [1.165, 1.54) is 6.33 Å². The van der Waals surface area contributed by atoms with Crippen molar-refractivity contribution in [2.24, 2.45) is 0 Å². The van der Waals surface area contributed by atoms with E-state index >= 15 is 0 Å². The van der Waals surface area contributed by atoms with Crippen LogP contribution < -0.4 is 5.32 Å². The molecule has 0 fully saturated rings. The number of aromatic nitrogens is 2. The van der Waals surface area contributed by atoms with Gasteiger partial charge in [-0.1, -0.05) is 48.0 Å². The second-order valence-corrected chi connectivity index (χ2v) is 5.31. The highest BCUT2D eigenvalue weighted by atomic mass is 16.1. The van der Waals surface area contributed by atoms with Gasteiger partial charge in [0.25, 0.3) is 5.91 Å². The summed E-state index contributed by atoms with van der Waals surface area (Å²) in [6.07, 6.45) is 1.52. The minimum atomic E-state index is -0.103. The van der Waals surface area contributed by atoms with Gasteiger partial charge in [-0.05, 0) is 25.1 Å². The van der Waals surface area contributed by atoms with Gasteiger partial charge in [-0.3, -0.25) is 4.79 Å². The van der Waals surface area contributed by atoms with E-state index in [0.29, 0.717) is 12.1 Å². The first kappa shape index (κ1) is 14.9. The molecule has 0 bridgehead atoms. The topological polar surface area (TPSA) is 54.9 Å². The van der Waals surface area contributed by atoms with E-state index in [2.05, 4.69) is 15.3 Å². The van der Waals surface area contributed by atoms with Crippen LogP contribution in [-0.2, 0) is 6.54 Å². The van der Waals surface area contributed by atoms with Gasteiger partial charge in [0.05, 0.1) is 17.9 Å². The summed E-state index contributed by atoms with van der Waals surface area (Å²) < 4.78 is 0. The van der Waals surface area contributed by atoms with Crippen LogP contribution in [0.2, 0.25) is 0 Å². The number of nitrogens with zero attached hydrogens (tertiary/aromatic N) is 2. The molecule has 0 aliphatic heterocycles. The van der Waals surface area contributed by atoms with Crippen LogP contribution in [0.1, 0.15) is 21.6 Å². The van der Waals surface area contributed by atoms with Crippen molar-refractivity contribution in [1.82, 2.24) is 15.3 Å². The molecule has 1 heterocycles. The Morgan fingerprint density at radius 3 is 2.61 bits per heavy atom. The van der Waals surface area contributed by atoms with Crippen molar-refractivity contribution in [1.29, 1.82) is 0 Å². The monoisotopic (exact) mass is 303 g/mol. The number of hydrogen-bond acceptors (Lipinski definition) is 3. The zero-order valence-corrected chi connectivity index (χ0v) is 12.9. The van der Waals surface area contributed by atoms with Crippen LogP contribution in [0.3, 0.4) is 0 Å². The SMILES string of the molecule is Cc1cccc(C(=O)NCc2cc(-c3ccccc3)ncn2)c1. The minimum absolute atomic E-state index is 0.103. The number of carbonyl (C=O) groups excluding carboxylic acids is 1. The average molecular weight is 303 g/mol. The summed E-state index contributed by atoms with van der Waals surface area (Å²) in [5, 5.41) is 2.89. The van der Waals surface area contributed by atoms with E-state index in [9.17, 15) is 4.79 Å². The first-order chi connectivity index (χ1) is 11.2. The van der Waals surface area contributed by atoms with Crippen LogP contribution in [0.25, 0.3) is 11.3 Å². The molecular weight excluding hydrogens is 286 g/mol. The van der Waals surface area contributed by atoms with E-state index in [0.717, 1.165) is 22.5 Å². The summed E-state index contributed by atoms with van der Waals surface area (Å²) >= 11 is 0. The van der Waals surface area contributed by atoms with Crippen LogP contribution >= 0.6 is 0 Å². The van der Waals surface area contributed by atoms with Crippen molar-refractivity contribution in [3.63, 3.8) is 0 Å². The van der Waals surface area contributed by atoms with E-state index in [1.54, 1.807) is 6.07 Å². The highest BCUT2D eigenvalue weighted by molar-refractivity contribution is 5.94. The highest BCUT2D eigenvalue weighted by Gasteiger charge is 2.07. The predicted molar refractivity (Wildman–Crippen MR) is 89.8 cm³/mol. The molecule has 0 saturated carbocycles. The van der Waals surface area contributed by atoms with Crippen molar-refractivity contribution in [3.8, 4) is 11.3 Å². The largest absolute Gasteiger partial charge is 0.346 e. The number of benzene rings is 2. The zero-order valence-electron chi connectivity index (χ0n) is 12.9. The summed E-state index contributed by atoms with van der Waals surface area (Å²) in [5.74, 6) is -0.103. The molecule has 0 saturated heterocycles. The van der Waals surface area contributed by atoms with Crippen LogP contribution in [0.4, 0.5) is 0 Å². The second-order valence-electron chi connectivity index (χ2n) is 5.31. The average Bonchev–Trinajstić information content (AvgIpc) is 2.61. The summed E-state index contributed by atoms with van der Waals surface area (Å²) in [6, 6.07) is 19.3. The van der Waals surface area contributed by atoms with Gasteiger partial charge in [-0.15, -0.1) is 0 Å². The molecule has 4 nitrogen and oxygen atoms in total. The van der Waals surface area contributed by atoms with Crippen molar-refractivity contribution < 1.29 is 4.79 Å². The second kappa shape index (κ2) is 6.83. The maximum Gasteiger partial charge on any atom is 0.251 e. The van der Waals surface area contributed by atoms with Gasteiger partial charge in [0, 0.05) is 11.1 Å². The van der Waals surface area contributed by atoms with Crippen molar-refractivity contribution in [2.45, 2.75) is 13.5 Å². The van der Waals surface area contributed by atoms with E-state index in [1.807, 2.05) is 61.5 Å². The molecule has 1 amide bonds. The van der Waals surface area contributed by atoms with E-state index in [-0.39, 0.29) is 5.91 Å². The van der Waals surface area contributed by atoms with Crippen molar-refractivity contribution in [2.75, 3.05) is 0 Å². The molecule has 114 valence electrons. The third-order valence-electron chi connectivity index (χ3n) is 3.50. The molecule has 0 spiro atoms. The van der Waals surface area contributed by atoms with Crippen molar-refractivity contribution >= 4 is 5.91 Å². The minimum Gasteiger partial charge on any atom is -0.346 e. The number of rotatable bonds is 4. The standard InChI is InChI=1S/C19H17N3O/c1-14-6-5-9-16(10-14)19(23)20-12-17-11-18(22-13-21-17)15-7-3-2-4-8-15/h2-11,13H,12H2,1H3,(H,20,23). The van der Waals surface area contributed by atoms with Gasteiger partial charge in [-0.25, -0.2) is 9.97 Å². The summed E-state index contributed by atoms with van der Waals surface area (Å²) in [4.78, 5) is 20.7. The lowest BCUT2D eigenvalue weighted by Gasteiger charge is -2.07. The van der Waals surface area contributed by atoms with Crippen LogP contribution in [0, 0.1) is 6.92 Å². The molecule has 0 aliphatic rings. The summed E-state index contributed by atoms with van der Waals surface area (Å²) in [5.41, 5.74) is 4.37. The number of nitrogens with one attached hydrogen (secondary N) is 1. The fourth-order valence-corrected chi connectivity index (χ4v) is 2.32. The summed E-state index contributed by atoms with van der Waals surface area (Å²) in [7, 11) is 0. The van der Waals surface area contributed by atoms with Gasteiger partial charge in [-0.2, -0.15) is 0 Å². The van der Waals surface area contributed by atoms with Gasteiger partial charge in [0.2, 0.25) is 0 Å². The number of amides is 1. The lowest BCUT2D eigenvalue weighted by Crippen LogP contribution is -2.23. The Labute approximate surface area is 135 Å². The first-order valence-electron chi connectivity index (χ1n) is 7.43. The fourth-order valence-electron chi connectivity index (χ4n) is 2.32. The molecule has 3 aromatic rings. The van der Waals surface area contributed by atoms with E-state index < -0.39 is 0 Å². The molecule has 1 aromatic heterocycles. The maximum absolute atomic E-state index is 12.2. The Morgan fingerprint density at radius 1 is 1.00 bits per heavy atom. The highest BCUT2D eigenvalue weighted by Crippen LogP contribution is 2.16. The quantitative estimate of drug-likeness (QED) is 0.804. The maximum atomic E-state index is 12.2. The number of hydrogen-bond donors (Lipinski definition) is 1. The summed E-state index contributed by atoms with van der Waals surface area (Å²) in [6.45, 7) is 2.34. The molecule has 0 aliphatic carbocycles. The van der Waals surface area contributed by atoms with Gasteiger partial charge in [0.15, 0.2) is 0 Å². The third kappa shape index (κ3) is 3.80. The molecular formula is C19H17N3O. The Bertz CT molecular complexity index is 816. The predicted octanol–water partition coefficient (Wildman–Crippen LogP) is 3.38. The molecule has 1 N–H and O–H groups in total. The first-order valence-corrected chi connectivity index (χ1v) is 7.43. The smallest absolute Gasteiger partial charge is 0.251 e. The van der Waals surface area contributed by atoms with Crippen LogP contribution in [-0.4, -0.2) is 15.9 Å². The zero-order chi connectivity index (χ0) is 16.1. The lowest BCUT2D eigenvalue weighted by atomic mass is 10.1. The third-order valence-corrected chi connectivity index (χ3v) is 3.50. The molecule has 3 rings (SSSR count). The Morgan fingerprint density at radius 2 is 1.83 bits per heavy atom. The Hall–Kier alpha value is -3.01. The number of aryl methyl sites for hydroxylation is 1. The molecule has 0 radical (unpaired) electrons. The molecule has 0 atom stereocenters. The van der Waals surface area contributed by atoms with E-state index in [4.69, 9.17) is 0 Å². The van der Waals surface area contributed by atoms with Gasteiger partial charge < -0.3 is 5.32 Å². The Balaban J connectivity index is 1.70. The van der Waals surface area contributed by atoms with Crippen molar-refractivity contribution in [3.05, 3.63) is 83.8 Å². The normalized spacial score (nSPS) is 10.3. The van der Waals surface area contributed by atoms with Crippen LogP contribution in [0.15, 0.2) is 67.0 Å². The molecule has 4 heteroatoms. The van der Waals surface area contributed by atoms with Gasteiger partial charge in [0.1, 0.15) is 6.33 Å².